The number of hydrogen-bond acceptors (Lipinski definition) is 2. The van der Waals surface area contributed by atoms with E-state index in [1.807, 2.05) is 24.5 Å². The molecule has 3 nitrogen and oxygen atoms in total. The Hall–Kier alpha value is -1.42. The molecule has 0 fully saturated rings. The van der Waals surface area contributed by atoms with Crippen molar-refractivity contribution < 1.29 is 9.90 Å². The van der Waals surface area contributed by atoms with E-state index in [0.29, 0.717) is 0 Å². The fourth-order valence-electron chi connectivity index (χ4n) is 1.59. The first-order chi connectivity index (χ1) is 7.20. The van der Waals surface area contributed by atoms with E-state index in [1.54, 1.807) is 18.0 Å². The van der Waals surface area contributed by atoms with Crippen LogP contribution in [-0.4, -0.2) is 22.3 Å². The highest BCUT2D eigenvalue weighted by Gasteiger charge is 2.07. The Labute approximate surface area is 91.5 Å². The minimum Gasteiger partial charge on any atom is -0.481 e. The number of nitrogens with one attached hydrogen (secondary N) is 1. The summed E-state index contributed by atoms with van der Waals surface area (Å²) in [6.07, 6.45) is 3.84. The summed E-state index contributed by atoms with van der Waals surface area (Å²) in [5, 5.41) is 9.76. The Bertz CT molecular complexity index is 504. The maximum Gasteiger partial charge on any atom is 0.307 e. The zero-order valence-corrected chi connectivity index (χ0v) is 9.10. The lowest BCUT2D eigenvalue weighted by atomic mass is 10.1. The molecule has 2 N–H and O–H groups in total. The lowest BCUT2D eigenvalue weighted by molar-refractivity contribution is -0.136. The molecule has 0 atom stereocenters. The van der Waals surface area contributed by atoms with Crippen LogP contribution < -0.4 is 0 Å². The van der Waals surface area contributed by atoms with Gasteiger partial charge in [0.15, 0.2) is 0 Å². The van der Waals surface area contributed by atoms with E-state index in [9.17, 15) is 4.79 Å². The molecule has 4 heteroatoms. The van der Waals surface area contributed by atoms with Crippen LogP contribution in [0.2, 0.25) is 0 Å². The molecule has 0 saturated carbocycles. The van der Waals surface area contributed by atoms with Crippen LogP contribution in [0.3, 0.4) is 0 Å². The smallest absolute Gasteiger partial charge is 0.307 e. The van der Waals surface area contributed by atoms with E-state index in [2.05, 4.69) is 4.98 Å². The van der Waals surface area contributed by atoms with Gasteiger partial charge in [0.2, 0.25) is 0 Å². The quantitative estimate of drug-likeness (QED) is 0.783. The normalized spacial score (nSPS) is 10.7. The summed E-state index contributed by atoms with van der Waals surface area (Å²) in [7, 11) is 0. The maximum atomic E-state index is 10.6. The summed E-state index contributed by atoms with van der Waals surface area (Å²) in [5.41, 5.74) is 1.83. The van der Waals surface area contributed by atoms with Gasteiger partial charge in [0, 0.05) is 22.0 Å². The third-order valence-corrected chi connectivity index (χ3v) is 3.04. The van der Waals surface area contributed by atoms with Crippen LogP contribution in [0.25, 0.3) is 10.9 Å². The summed E-state index contributed by atoms with van der Waals surface area (Å²) in [6.45, 7) is 0. The average Bonchev–Trinajstić information content (AvgIpc) is 2.60. The predicted octanol–water partition coefficient (Wildman–Crippen LogP) is 2.52. The lowest BCUT2D eigenvalue weighted by Crippen LogP contribution is -1.98. The summed E-state index contributed by atoms with van der Waals surface area (Å²) in [5.74, 6) is -0.801. The summed E-state index contributed by atoms with van der Waals surface area (Å²) in [4.78, 5) is 14.9. The van der Waals surface area contributed by atoms with Crippen LogP contribution >= 0.6 is 11.8 Å². The topological polar surface area (TPSA) is 53.1 Å². The van der Waals surface area contributed by atoms with Crippen molar-refractivity contribution in [1.82, 2.24) is 4.98 Å². The predicted molar refractivity (Wildman–Crippen MR) is 61.4 cm³/mol. The van der Waals surface area contributed by atoms with Crippen LogP contribution in [-0.2, 0) is 11.2 Å². The Balaban J connectivity index is 2.51. The highest BCUT2D eigenvalue weighted by atomic mass is 32.2. The van der Waals surface area contributed by atoms with Gasteiger partial charge in [0.05, 0.1) is 6.42 Å². The molecule has 0 spiro atoms. The molecule has 0 amide bonds. The van der Waals surface area contributed by atoms with Crippen molar-refractivity contribution >= 4 is 28.6 Å². The van der Waals surface area contributed by atoms with Gasteiger partial charge in [-0.15, -0.1) is 11.8 Å². The molecule has 0 saturated heterocycles. The molecule has 0 aliphatic carbocycles. The summed E-state index contributed by atoms with van der Waals surface area (Å²) in [6, 6.07) is 6.02. The van der Waals surface area contributed by atoms with E-state index < -0.39 is 5.97 Å². The number of carbonyl (C=O) groups is 1. The third-order valence-electron chi connectivity index (χ3n) is 2.32. The van der Waals surface area contributed by atoms with Crippen LogP contribution in [0.5, 0.6) is 0 Å². The Morgan fingerprint density at radius 1 is 1.53 bits per heavy atom. The third kappa shape index (κ3) is 1.99. The van der Waals surface area contributed by atoms with Gasteiger partial charge in [-0.2, -0.15) is 0 Å². The Morgan fingerprint density at radius 2 is 2.33 bits per heavy atom. The second kappa shape index (κ2) is 3.98. The SMILES string of the molecule is CSc1ccc2[nH]cc(CC(=O)O)c2c1. The molecule has 2 aromatic rings. The van der Waals surface area contributed by atoms with Gasteiger partial charge >= 0.3 is 5.97 Å². The fraction of sp³-hybridized carbons (Fsp3) is 0.182. The van der Waals surface area contributed by atoms with Crippen LogP contribution in [0.1, 0.15) is 5.56 Å². The van der Waals surface area contributed by atoms with Gasteiger partial charge in [0.1, 0.15) is 0 Å². The molecule has 0 radical (unpaired) electrons. The summed E-state index contributed by atoms with van der Waals surface area (Å²) >= 11 is 1.65. The van der Waals surface area contributed by atoms with E-state index in [0.717, 1.165) is 21.4 Å². The van der Waals surface area contributed by atoms with Gasteiger partial charge in [0.25, 0.3) is 0 Å². The zero-order chi connectivity index (χ0) is 10.8. The number of hydrogen-bond donors (Lipinski definition) is 2. The molecule has 15 heavy (non-hydrogen) atoms. The van der Waals surface area contributed by atoms with Crippen molar-refractivity contribution in [3.05, 3.63) is 30.0 Å². The van der Waals surface area contributed by atoms with Crippen LogP contribution in [0.15, 0.2) is 29.3 Å². The number of thioether (sulfide) groups is 1. The van der Waals surface area contributed by atoms with Gasteiger partial charge in [-0.3, -0.25) is 4.79 Å². The van der Waals surface area contributed by atoms with E-state index in [4.69, 9.17) is 5.11 Å². The molecule has 2 rings (SSSR count). The molecular formula is C11H11NO2S. The number of aromatic amines is 1. The number of H-pyrrole nitrogens is 1. The molecule has 1 aromatic heterocycles. The van der Waals surface area contributed by atoms with Gasteiger partial charge in [-0.05, 0) is 30.0 Å². The maximum absolute atomic E-state index is 10.6. The van der Waals surface area contributed by atoms with Gasteiger partial charge in [-0.25, -0.2) is 0 Å². The van der Waals surface area contributed by atoms with Crippen molar-refractivity contribution in [3.63, 3.8) is 0 Å². The second-order valence-corrected chi connectivity index (χ2v) is 4.18. The molecule has 1 heterocycles. The monoisotopic (exact) mass is 221 g/mol. The molecule has 0 unspecified atom stereocenters. The number of rotatable bonds is 3. The largest absolute Gasteiger partial charge is 0.481 e. The van der Waals surface area contributed by atoms with Crippen molar-refractivity contribution in [2.24, 2.45) is 0 Å². The number of benzene rings is 1. The number of aliphatic carboxylic acids is 1. The number of carboxylic acids is 1. The second-order valence-electron chi connectivity index (χ2n) is 3.30. The number of fused-ring (bicyclic) bond motifs is 1. The first kappa shape index (κ1) is 10.1. The van der Waals surface area contributed by atoms with E-state index >= 15 is 0 Å². The van der Waals surface area contributed by atoms with Gasteiger partial charge in [-0.1, -0.05) is 0 Å². The summed E-state index contributed by atoms with van der Waals surface area (Å²) < 4.78 is 0. The number of carboxylic acid groups (broad SMARTS) is 1. The van der Waals surface area contributed by atoms with E-state index in [1.165, 1.54) is 0 Å². The van der Waals surface area contributed by atoms with Crippen molar-refractivity contribution in [3.8, 4) is 0 Å². The minimum absolute atomic E-state index is 0.0673. The fourth-order valence-corrected chi connectivity index (χ4v) is 2.03. The lowest BCUT2D eigenvalue weighted by Gasteiger charge is -1.98. The first-order valence-corrected chi connectivity index (χ1v) is 5.79. The standard InChI is InChI=1S/C11H11NO2S/c1-15-8-2-3-10-9(5-8)7(6-12-10)4-11(13)14/h2-3,5-6,12H,4H2,1H3,(H,13,14). The average molecular weight is 221 g/mol. The van der Waals surface area contributed by atoms with Crippen molar-refractivity contribution in [2.75, 3.05) is 6.26 Å². The molecular weight excluding hydrogens is 210 g/mol. The van der Waals surface area contributed by atoms with Gasteiger partial charge < -0.3 is 10.1 Å². The molecule has 1 aromatic carbocycles. The van der Waals surface area contributed by atoms with Crippen molar-refractivity contribution in [2.45, 2.75) is 11.3 Å². The minimum atomic E-state index is -0.801. The molecule has 0 bridgehead atoms. The number of aromatic nitrogens is 1. The Kier molecular flexibility index (Phi) is 2.68. The first-order valence-electron chi connectivity index (χ1n) is 4.56. The van der Waals surface area contributed by atoms with Crippen molar-refractivity contribution in [1.29, 1.82) is 0 Å². The van der Waals surface area contributed by atoms with Crippen LogP contribution in [0, 0.1) is 0 Å². The van der Waals surface area contributed by atoms with Crippen LogP contribution in [0.4, 0.5) is 0 Å². The van der Waals surface area contributed by atoms with E-state index in [-0.39, 0.29) is 6.42 Å². The molecule has 0 aliphatic rings. The highest BCUT2D eigenvalue weighted by molar-refractivity contribution is 7.98. The molecule has 0 aliphatic heterocycles. The Morgan fingerprint density at radius 3 is 3.00 bits per heavy atom. The zero-order valence-electron chi connectivity index (χ0n) is 8.28. The highest BCUT2D eigenvalue weighted by Crippen LogP contribution is 2.24. The molecule has 78 valence electrons.